The van der Waals surface area contributed by atoms with Gasteiger partial charge in [0.2, 0.25) is 44.5 Å². The van der Waals surface area contributed by atoms with Gasteiger partial charge in [-0.2, -0.15) is 27.9 Å². The van der Waals surface area contributed by atoms with Gasteiger partial charge >= 0.3 is 0 Å². The van der Waals surface area contributed by atoms with E-state index in [9.17, 15) is 42.5 Å². The number of nitrogens with one attached hydrogen (secondary N) is 3. The van der Waals surface area contributed by atoms with Gasteiger partial charge in [-0.3, -0.25) is 0 Å². The summed E-state index contributed by atoms with van der Waals surface area (Å²) in [5.74, 6) is 0.736. The van der Waals surface area contributed by atoms with Gasteiger partial charge in [-0.1, -0.05) is 39.3 Å². The summed E-state index contributed by atoms with van der Waals surface area (Å²) in [6, 6.07) is 17.0. The lowest BCUT2D eigenvalue weighted by Crippen LogP contribution is -2.59. The molecule has 43 heteroatoms. The van der Waals surface area contributed by atoms with E-state index in [0.717, 1.165) is 141 Å². The van der Waals surface area contributed by atoms with E-state index in [1.165, 1.54) is 50.0 Å². The van der Waals surface area contributed by atoms with Crippen LogP contribution in [0, 0.1) is 40.6 Å². The number of rotatable bonds is 29. The molecule has 0 radical (unpaired) electrons. The Morgan fingerprint density at radius 2 is 0.877 bits per heavy atom. The fourth-order valence-corrected chi connectivity index (χ4v) is 26.1. The highest BCUT2D eigenvalue weighted by molar-refractivity contribution is 7.91. The molecule has 6 fully saturated rings. The third-order valence-electron chi connectivity index (χ3n) is 25.9. The van der Waals surface area contributed by atoms with Crippen LogP contribution in [0.15, 0.2) is 93.8 Å². The van der Waals surface area contributed by atoms with Crippen LogP contribution in [-0.2, 0) is 101 Å². The smallest absolute Gasteiger partial charge is 0.284 e. The molecule has 6 aliphatic heterocycles. The second-order valence-corrected chi connectivity index (χ2v) is 57.1. The van der Waals surface area contributed by atoms with Crippen molar-refractivity contribution < 1.29 is 70.5 Å². The van der Waals surface area contributed by atoms with E-state index in [1.54, 1.807) is 56.0 Å². The number of ether oxygens (including phenoxy) is 5. The predicted octanol–water partition coefficient (Wildman–Crippen LogP) is 10.8. The number of nitrogen functional groups attached to an aromatic ring is 1. The van der Waals surface area contributed by atoms with Crippen LogP contribution in [0.1, 0.15) is 78.3 Å². The number of nitrogens with zero attached hydrogens (tertiary/aromatic N) is 17. The van der Waals surface area contributed by atoms with Gasteiger partial charge in [0.25, 0.3) is 45.5 Å². The van der Waals surface area contributed by atoms with Crippen molar-refractivity contribution in [3.63, 3.8) is 0 Å². The Bertz CT molecular complexity index is 6160. The zero-order valence-corrected chi connectivity index (χ0v) is 81.3. The summed E-state index contributed by atoms with van der Waals surface area (Å²) in [6.07, 6.45) is 14.9. The zero-order valence-electron chi connectivity index (χ0n) is 76.0. The first-order chi connectivity index (χ1) is 61.6. The third kappa shape index (κ3) is 20.7. The Hall–Kier alpha value is -9.10. The minimum Gasteiger partial charge on any atom is -0.481 e. The van der Waals surface area contributed by atoms with E-state index >= 15 is 4.39 Å². The Kier molecular flexibility index (Phi) is 28.0. The summed E-state index contributed by atoms with van der Waals surface area (Å²) < 4.78 is 184. The van der Waals surface area contributed by atoms with Crippen LogP contribution in [0.4, 0.5) is 42.1 Å². The number of halogens is 3. The minimum atomic E-state index is -3.97. The SMILES string of the molecule is COc1cc(-c2cc(F)c3c(c2N)CCC3)ccn1.COc1cc(-c2cc(F)c3c(c2Nc2n[nH]c(S(=O)(=O)N4CC5(CCN(C)C5)C4)n2)CCC3)ccn1.COc1cc(-c2cc(F)c3c(c2Nc2nc(S(=O)(=O)N4CC5(CCN(C)C5)C4)nn2COCC[Si](C)(C)C)CCC3)ccn1.[CH2+]CCS(=O)(=O)c1nc(S(=O)(=O)N2CC3(CCN(C)C3)C2)nn1COCC[Si](C)(C)C. The molecule has 702 valence electrons. The van der Waals surface area contributed by atoms with Crippen LogP contribution >= 0.6 is 0 Å². The van der Waals surface area contributed by atoms with Gasteiger partial charge in [-0.15, -0.1) is 15.3 Å². The zero-order chi connectivity index (χ0) is 92.8. The quantitative estimate of drug-likeness (QED) is 0.0146. The lowest BCUT2D eigenvalue weighted by atomic mass is 9.81. The highest BCUT2D eigenvalue weighted by Gasteiger charge is 2.55. The third-order valence-corrected chi connectivity index (χ3v) is 35.7. The number of hydrogen-bond donors (Lipinski definition) is 4. The van der Waals surface area contributed by atoms with Crippen molar-refractivity contribution in [1.29, 1.82) is 0 Å². The number of hydrogen-bond acceptors (Lipinski definition) is 28. The maximum atomic E-state index is 15.4. The summed E-state index contributed by atoms with van der Waals surface area (Å²) in [7, 11) is -7.40. The number of fused-ring (bicyclic) bond motifs is 3. The fraction of sp³-hybridized carbons (Fsp3) is 0.540. The molecule has 12 heterocycles. The van der Waals surface area contributed by atoms with Gasteiger partial charge in [0.15, 0.2) is 0 Å². The molecule has 130 heavy (non-hydrogen) atoms. The monoisotopic (exact) mass is 1910 g/mol. The normalized spacial score (nSPS) is 18.5. The average molecular weight is 1910 g/mol. The van der Waals surface area contributed by atoms with Crippen molar-refractivity contribution in [3.8, 4) is 51.0 Å². The van der Waals surface area contributed by atoms with Crippen LogP contribution in [-0.4, -0.2) is 277 Å². The molecule has 0 bridgehead atoms. The van der Waals surface area contributed by atoms with Crippen molar-refractivity contribution in [2.75, 3.05) is 156 Å². The molecule has 9 aliphatic rings. The van der Waals surface area contributed by atoms with Crippen molar-refractivity contribution in [2.45, 2.75) is 169 Å². The van der Waals surface area contributed by atoms with Crippen LogP contribution in [0.25, 0.3) is 33.4 Å². The Morgan fingerprint density at radius 1 is 0.492 bits per heavy atom. The van der Waals surface area contributed by atoms with Gasteiger partial charge in [0, 0.05) is 164 Å². The summed E-state index contributed by atoms with van der Waals surface area (Å²) in [5.41, 5.74) is 17.2. The lowest BCUT2D eigenvalue weighted by Gasteiger charge is -2.46. The van der Waals surface area contributed by atoms with E-state index in [-0.39, 0.29) is 86.7 Å². The van der Waals surface area contributed by atoms with Crippen LogP contribution < -0.4 is 30.6 Å². The molecular formula is C87H119F3N21O13S4Si2+. The van der Waals surface area contributed by atoms with E-state index in [4.69, 9.17) is 29.4 Å². The molecular weight excluding hydrogens is 1790 g/mol. The average Bonchev–Trinajstić information content (AvgIpc) is 1.55. The molecule has 3 aromatic carbocycles. The second kappa shape index (κ2) is 38.1. The number of H-pyrrole nitrogens is 1. The number of aromatic amines is 1. The summed E-state index contributed by atoms with van der Waals surface area (Å²) in [5, 5.41) is 20.5. The molecule has 5 N–H and O–H groups in total. The van der Waals surface area contributed by atoms with Crippen molar-refractivity contribution in [2.24, 2.45) is 16.2 Å². The standard InChI is InChI=1S/C30H42FN7O4SSi.C24H28FN7O3S.C18H34N5O5S2Si.C15H15FN2O/c1-36-12-10-30(17-36)18-37(19-30)43(39,40)29-34-28(38(35-29)20-42-13-14-44(3,4)5)33-27-23-8-6-7-22(23)25(31)16-24(27)21-9-11-32-26(15-21)41-2;1-31-9-7-24(12-31)13-32(14-24)36(33,34)23-28-22(29-30-23)27-21-17-5-3-4-16(17)19(25)11-18(21)15-6-8-26-20(10-15)35-2;1-6-10-29(24,25)17-19-16(20-23(17)15-28-9-11-31(3,4)5)30(26,27)22-13-18(14-22)7-8-21(2)12-18;1-19-14-7-9(5-6-18-14)12-8-13(16)10-3-2-4-11(10)15(12)17/h9,11,15-16H,6-8,10,12-14,17-20H2,1-5H3,(H,33,34,35);6,8,10-11H,3-5,7,9,12-14H2,1-2H3,(H2,27,28,29,30);1,6-15H2,2-5H3;5-8H,2-4,17H2,1H3/q;;+1;. The molecule has 18 rings (SSSR count). The first-order valence-electron chi connectivity index (χ1n) is 44.0. The van der Waals surface area contributed by atoms with Crippen LogP contribution in [0.2, 0.25) is 51.4 Å². The summed E-state index contributed by atoms with van der Waals surface area (Å²) in [6.45, 7) is 26.2. The number of anilines is 5. The number of sulfonamides is 3. The number of likely N-dealkylation sites (tertiary alicyclic amines) is 3. The number of nitrogens with two attached hydrogens (primary N) is 1. The fourth-order valence-electron chi connectivity index (χ4n) is 18.8. The van der Waals surface area contributed by atoms with E-state index in [1.807, 2.05) is 13.1 Å². The molecule has 9 aromatic rings. The maximum absolute atomic E-state index is 15.4. The molecule has 34 nitrogen and oxygen atoms in total. The first kappa shape index (κ1) is 95.5. The maximum Gasteiger partial charge on any atom is 0.284 e. The first-order valence-corrected chi connectivity index (χ1v) is 57.4. The molecule has 6 aromatic heterocycles. The number of pyridine rings is 3. The highest BCUT2D eigenvalue weighted by Crippen LogP contribution is 2.48. The number of aromatic nitrogens is 12. The molecule has 6 saturated heterocycles. The van der Waals surface area contributed by atoms with E-state index in [2.05, 4.69) is 136 Å². The molecule has 0 amide bonds. The number of sulfone groups is 1. The van der Waals surface area contributed by atoms with Gasteiger partial charge in [0.1, 0.15) is 30.9 Å². The predicted molar refractivity (Wildman–Crippen MR) is 492 cm³/mol. The summed E-state index contributed by atoms with van der Waals surface area (Å²) >= 11 is 0. The molecule has 0 saturated carbocycles. The number of benzene rings is 3. The second-order valence-electron chi connectivity index (χ2n) is 38.3. The van der Waals surface area contributed by atoms with Gasteiger partial charge in [0.05, 0.1) is 51.8 Å². The highest BCUT2D eigenvalue weighted by atomic mass is 32.2. The van der Waals surface area contributed by atoms with Crippen molar-refractivity contribution in [3.05, 3.63) is 131 Å². The Balaban J connectivity index is 0.000000138. The van der Waals surface area contributed by atoms with Gasteiger partial charge < -0.3 is 54.8 Å². The molecule has 3 spiro atoms. The van der Waals surface area contributed by atoms with Gasteiger partial charge in [-0.05, 0) is 216 Å². The topological polar surface area (TPSA) is 394 Å². The lowest BCUT2D eigenvalue weighted by molar-refractivity contribution is 0.0702. The van der Waals surface area contributed by atoms with Crippen molar-refractivity contribution in [1.82, 2.24) is 87.3 Å². The molecule has 3 aliphatic carbocycles. The minimum absolute atomic E-state index is 0.000582. The van der Waals surface area contributed by atoms with E-state index in [0.29, 0.717) is 146 Å². The van der Waals surface area contributed by atoms with Crippen molar-refractivity contribution >= 4 is 85.0 Å². The number of methoxy groups -OCH3 is 3. The summed E-state index contributed by atoms with van der Waals surface area (Å²) in [4.78, 5) is 31.9. The Labute approximate surface area is 761 Å². The van der Waals surface area contributed by atoms with Crippen LogP contribution in [0.5, 0.6) is 17.6 Å². The van der Waals surface area contributed by atoms with E-state index < -0.39 is 61.2 Å². The van der Waals surface area contributed by atoms with Gasteiger partial charge in [-0.25, -0.2) is 76.3 Å². The Morgan fingerprint density at radius 3 is 1.30 bits per heavy atom. The molecule has 0 atom stereocenters. The largest absolute Gasteiger partial charge is 0.481 e. The van der Waals surface area contributed by atoms with Crippen LogP contribution in [0.3, 0.4) is 0 Å². The molecule has 0 unspecified atom stereocenters.